The Morgan fingerprint density at radius 1 is 1.26 bits per heavy atom. The third kappa shape index (κ3) is 4.50. The molecule has 1 fully saturated rings. The summed E-state index contributed by atoms with van der Waals surface area (Å²) in [4.78, 5) is 12.4. The average molecular weight is 411 g/mol. The molecule has 27 heavy (non-hydrogen) atoms. The van der Waals surface area contributed by atoms with Crippen LogP contribution in [0.25, 0.3) is 0 Å². The second kappa shape index (κ2) is 8.84. The zero-order valence-electron chi connectivity index (χ0n) is 15.6. The van der Waals surface area contributed by atoms with E-state index in [9.17, 15) is 4.79 Å². The molecule has 146 valence electrons. The number of amides is 1. The number of aromatic nitrogens is 3. The minimum Gasteiger partial charge on any atom is -0.495 e. The molecule has 1 saturated carbocycles. The Hall–Kier alpha value is -1.93. The van der Waals surface area contributed by atoms with Crippen LogP contribution in [0.3, 0.4) is 0 Å². The fourth-order valence-corrected chi connectivity index (χ4v) is 4.21. The molecule has 9 heteroatoms. The van der Waals surface area contributed by atoms with Crippen molar-refractivity contribution >= 4 is 35.0 Å². The van der Waals surface area contributed by atoms with Gasteiger partial charge in [-0.3, -0.25) is 4.79 Å². The summed E-state index contributed by atoms with van der Waals surface area (Å²) in [6.45, 7) is 0. The van der Waals surface area contributed by atoms with E-state index >= 15 is 0 Å². The number of nitrogens with one attached hydrogen (secondary N) is 1. The van der Waals surface area contributed by atoms with E-state index in [1.807, 2.05) is 11.6 Å². The number of nitrogens with zero attached hydrogens (tertiary/aromatic N) is 3. The Kier molecular flexibility index (Phi) is 6.49. The Labute approximate surface area is 167 Å². The topological polar surface area (TPSA) is 78.3 Å². The molecular weight excluding hydrogens is 388 g/mol. The van der Waals surface area contributed by atoms with Gasteiger partial charge >= 0.3 is 0 Å². The number of benzene rings is 1. The predicted molar refractivity (Wildman–Crippen MR) is 106 cm³/mol. The third-order valence-corrected chi connectivity index (χ3v) is 5.98. The summed E-state index contributed by atoms with van der Waals surface area (Å²) in [6, 6.07) is 3.25. The molecule has 1 aliphatic carbocycles. The van der Waals surface area contributed by atoms with Crippen molar-refractivity contribution in [1.29, 1.82) is 0 Å². The summed E-state index contributed by atoms with van der Waals surface area (Å²) < 4.78 is 12.5. The van der Waals surface area contributed by atoms with Crippen molar-refractivity contribution in [2.45, 2.75) is 36.8 Å². The summed E-state index contributed by atoms with van der Waals surface area (Å²) >= 11 is 7.45. The minimum atomic E-state index is -0.173. The molecule has 1 N–H and O–H groups in total. The molecule has 1 aliphatic rings. The van der Waals surface area contributed by atoms with Gasteiger partial charge in [0.05, 0.1) is 30.7 Å². The number of methoxy groups -OCH3 is 2. The number of halogens is 1. The molecule has 1 aromatic carbocycles. The number of hydrogen-bond acceptors (Lipinski definition) is 6. The van der Waals surface area contributed by atoms with E-state index in [-0.39, 0.29) is 11.7 Å². The SMILES string of the molecule is COc1cc(NC(=O)CSc2nnc(C3CCCC3)n2C)c(OC)cc1Cl. The minimum absolute atomic E-state index is 0.173. The van der Waals surface area contributed by atoms with E-state index in [0.717, 1.165) is 23.8 Å². The molecule has 0 radical (unpaired) electrons. The fraction of sp³-hybridized carbons (Fsp3) is 0.500. The third-order valence-electron chi connectivity index (χ3n) is 4.67. The van der Waals surface area contributed by atoms with Crippen molar-refractivity contribution in [3.63, 3.8) is 0 Å². The molecule has 3 rings (SSSR count). The number of ether oxygens (including phenoxy) is 2. The van der Waals surface area contributed by atoms with Gasteiger partial charge in [0.2, 0.25) is 5.91 Å². The van der Waals surface area contributed by atoms with E-state index in [1.165, 1.54) is 38.8 Å². The van der Waals surface area contributed by atoms with Crippen LogP contribution in [-0.4, -0.2) is 40.6 Å². The van der Waals surface area contributed by atoms with Gasteiger partial charge in [0, 0.05) is 25.1 Å². The van der Waals surface area contributed by atoms with Crippen LogP contribution in [0, 0.1) is 0 Å². The van der Waals surface area contributed by atoms with Crippen molar-refractivity contribution < 1.29 is 14.3 Å². The quantitative estimate of drug-likeness (QED) is 0.698. The van der Waals surface area contributed by atoms with Gasteiger partial charge in [0.25, 0.3) is 0 Å². The van der Waals surface area contributed by atoms with E-state index < -0.39 is 0 Å². The van der Waals surface area contributed by atoms with Gasteiger partial charge in [0.15, 0.2) is 5.16 Å². The molecule has 0 unspecified atom stereocenters. The standard InChI is InChI=1S/C18H23ClN4O3S/c1-23-17(11-6-4-5-7-11)21-22-18(23)27-10-16(24)20-13-9-14(25-2)12(19)8-15(13)26-3/h8-9,11H,4-7,10H2,1-3H3,(H,20,24). The first-order chi connectivity index (χ1) is 13.0. The van der Waals surface area contributed by atoms with Gasteiger partial charge in [-0.05, 0) is 12.8 Å². The van der Waals surface area contributed by atoms with Gasteiger partial charge in [-0.2, -0.15) is 0 Å². The zero-order valence-corrected chi connectivity index (χ0v) is 17.2. The van der Waals surface area contributed by atoms with Gasteiger partial charge in [-0.25, -0.2) is 0 Å². The lowest BCUT2D eigenvalue weighted by Crippen LogP contribution is -2.15. The highest BCUT2D eigenvalue weighted by Gasteiger charge is 2.23. The van der Waals surface area contributed by atoms with Gasteiger partial charge in [-0.1, -0.05) is 36.2 Å². The Morgan fingerprint density at radius 3 is 2.63 bits per heavy atom. The number of rotatable bonds is 7. The monoisotopic (exact) mass is 410 g/mol. The molecule has 0 bridgehead atoms. The van der Waals surface area contributed by atoms with Crippen LogP contribution in [-0.2, 0) is 11.8 Å². The molecule has 0 atom stereocenters. The summed E-state index contributed by atoms with van der Waals surface area (Å²) in [6.07, 6.45) is 4.81. The average Bonchev–Trinajstić information content (AvgIpc) is 3.30. The van der Waals surface area contributed by atoms with Gasteiger partial charge in [-0.15, -0.1) is 10.2 Å². The van der Waals surface area contributed by atoms with Crippen molar-refractivity contribution in [3.8, 4) is 11.5 Å². The molecular formula is C18H23ClN4O3S. The van der Waals surface area contributed by atoms with E-state index in [2.05, 4.69) is 15.5 Å². The Morgan fingerprint density at radius 2 is 1.96 bits per heavy atom. The molecule has 0 saturated heterocycles. The van der Waals surface area contributed by atoms with Crippen LogP contribution in [0.1, 0.15) is 37.4 Å². The second-order valence-electron chi connectivity index (χ2n) is 6.41. The van der Waals surface area contributed by atoms with E-state index in [1.54, 1.807) is 12.1 Å². The first-order valence-electron chi connectivity index (χ1n) is 8.77. The molecule has 7 nitrogen and oxygen atoms in total. The number of thioether (sulfide) groups is 1. The van der Waals surface area contributed by atoms with Crippen LogP contribution in [0.5, 0.6) is 11.5 Å². The lowest BCUT2D eigenvalue weighted by molar-refractivity contribution is -0.113. The molecule has 1 heterocycles. The molecule has 1 aromatic heterocycles. The highest BCUT2D eigenvalue weighted by Crippen LogP contribution is 2.36. The largest absolute Gasteiger partial charge is 0.495 e. The number of hydrogen-bond donors (Lipinski definition) is 1. The fourth-order valence-electron chi connectivity index (χ4n) is 3.27. The maximum atomic E-state index is 12.4. The van der Waals surface area contributed by atoms with Crippen LogP contribution in [0.4, 0.5) is 5.69 Å². The van der Waals surface area contributed by atoms with E-state index in [0.29, 0.717) is 28.1 Å². The Bertz CT molecular complexity index is 821. The predicted octanol–water partition coefficient (Wildman–Crippen LogP) is 3.87. The van der Waals surface area contributed by atoms with Crippen LogP contribution in [0.2, 0.25) is 5.02 Å². The van der Waals surface area contributed by atoms with Crippen molar-refractivity contribution in [3.05, 3.63) is 23.0 Å². The highest BCUT2D eigenvalue weighted by molar-refractivity contribution is 7.99. The summed E-state index contributed by atoms with van der Waals surface area (Å²) in [5, 5.41) is 12.6. The maximum absolute atomic E-state index is 12.4. The summed E-state index contributed by atoms with van der Waals surface area (Å²) in [7, 11) is 5.00. The van der Waals surface area contributed by atoms with Crippen LogP contribution < -0.4 is 14.8 Å². The van der Waals surface area contributed by atoms with Crippen molar-refractivity contribution in [2.75, 3.05) is 25.3 Å². The van der Waals surface area contributed by atoms with Gasteiger partial charge < -0.3 is 19.4 Å². The lowest BCUT2D eigenvalue weighted by Gasteiger charge is -2.13. The smallest absolute Gasteiger partial charge is 0.234 e. The molecule has 0 aliphatic heterocycles. The molecule has 1 amide bonds. The number of anilines is 1. The number of carbonyl (C=O) groups excluding carboxylic acids is 1. The first kappa shape index (κ1) is 19.8. The highest BCUT2D eigenvalue weighted by atomic mass is 35.5. The van der Waals surface area contributed by atoms with Crippen molar-refractivity contribution in [2.24, 2.45) is 7.05 Å². The molecule has 0 spiro atoms. The van der Waals surface area contributed by atoms with E-state index in [4.69, 9.17) is 21.1 Å². The molecule has 2 aromatic rings. The van der Waals surface area contributed by atoms with Crippen LogP contribution >= 0.6 is 23.4 Å². The summed E-state index contributed by atoms with van der Waals surface area (Å²) in [5.41, 5.74) is 0.508. The second-order valence-corrected chi connectivity index (χ2v) is 7.75. The Balaban J connectivity index is 1.63. The number of carbonyl (C=O) groups is 1. The van der Waals surface area contributed by atoms with Crippen molar-refractivity contribution in [1.82, 2.24) is 14.8 Å². The first-order valence-corrected chi connectivity index (χ1v) is 10.1. The lowest BCUT2D eigenvalue weighted by atomic mass is 10.1. The zero-order chi connectivity index (χ0) is 19.4. The van der Waals surface area contributed by atoms with Gasteiger partial charge in [0.1, 0.15) is 17.3 Å². The van der Waals surface area contributed by atoms with Crippen LogP contribution in [0.15, 0.2) is 17.3 Å². The normalized spacial score (nSPS) is 14.4. The maximum Gasteiger partial charge on any atom is 0.234 e. The summed E-state index contributed by atoms with van der Waals surface area (Å²) in [5.74, 6) is 2.48.